The number of nitrogen functional groups attached to an aromatic ring is 1. The lowest BCUT2D eigenvalue weighted by Crippen LogP contribution is -2.38. The van der Waals surface area contributed by atoms with Gasteiger partial charge in [-0.05, 0) is 37.2 Å². The van der Waals surface area contributed by atoms with Crippen molar-refractivity contribution in [2.75, 3.05) is 5.73 Å². The Morgan fingerprint density at radius 3 is 2.94 bits per heavy atom. The summed E-state index contributed by atoms with van der Waals surface area (Å²) in [5.41, 5.74) is 5.35. The quantitative estimate of drug-likeness (QED) is 0.838. The summed E-state index contributed by atoms with van der Waals surface area (Å²) in [5, 5.41) is 2.93. The van der Waals surface area contributed by atoms with E-state index >= 15 is 0 Å². The molecule has 18 heavy (non-hydrogen) atoms. The van der Waals surface area contributed by atoms with Crippen molar-refractivity contribution in [1.29, 1.82) is 0 Å². The lowest BCUT2D eigenvalue weighted by Gasteiger charge is -2.23. The first-order valence-electron chi connectivity index (χ1n) is 6.36. The van der Waals surface area contributed by atoms with Crippen LogP contribution in [-0.4, -0.2) is 16.9 Å². The molecular formula is C13H16FN3O. The summed E-state index contributed by atoms with van der Waals surface area (Å²) in [4.78, 5) is 15.6. The fourth-order valence-corrected chi connectivity index (χ4v) is 3.30. The highest BCUT2D eigenvalue weighted by atomic mass is 19.1. The average molecular weight is 249 g/mol. The normalized spacial score (nSPS) is 29.5. The molecule has 2 fully saturated rings. The molecular weight excluding hydrogens is 233 g/mol. The minimum Gasteiger partial charge on any atom is -0.381 e. The smallest absolute Gasteiger partial charge is 0.254 e. The third-order valence-electron chi connectivity index (χ3n) is 4.22. The molecule has 0 aromatic carbocycles. The van der Waals surface area contributed by atoms with Crippen molar-refractivity contribution in [3.05, 3.63) is 23.6 Å². The van der Waals surface area contributed by atoms with Gasteiger partial charge in [0.1, 0.15) is 0 Å². The number of pyridine rings is 1. The van der Waals surface area contributed by atoms with E-state index in [4.69, 9.17) is 5.73 Å². The number of carbonyl (C=O) groups is 1. The third kappa shape index (κ3) is 1.83. The van der Waals surface area contributed by atoms with Crippen LogP contribution in [0.25, 0.3) is 0 Å². The molecule has 2 aliphatic carbocycles. The number of hydrogen-bond acceptors (Lipinski definition) is 3. The summed E-state index contributed by atoms with van der Waals surface area (Å²) in [6.07, 6.45) is 6.03. The highest BCUT2D eigenvalue weighted by Crippen LogP contribution is 2.44. The second-order valence-electron chi connectivity index (χ2n) is 5.31. The standard InChI is InChI=1S/C13H16FN3O/c14-11-9(3-4-16-12(11)15)13(18)17-10-6-7-1-2-8(10)5-7/h3-4,7-8,10H,1-2,5-6H2,(H2,15,16)(H,17,18). The summed E-state index contributed by atoms with van der Waals surface area (Å²) in [7, 11) is 0. The molecule has 0 radical (unpaired) electrons. The van der Waals surface area contributed by atoms with Crippen LogP contribution >= 0.6 is 0 Å². The van der Waals surface area contributed by atoms with E-state index in [-0.39, 0.29) is 23.3 Å². The van der Waals surface area contributed by atoms with E-state index in [2.05, 4.69) is 10.3 Å². The van der Waals surface area contributed by atoms with Crippen LogP contribution in [-0.2, 0) is 0 Å². The maximum Gasteiger partial charge on any atom is 0.254 e. The predicted molar refractivity (Wildman–Crippen MR) is 65.3 cm³/mol. The van der Waals surface area contributed by atoms with Gasteiger partial charge in [-0.1, -0.05) is 6.42 Å². The number of nitrogens with two attached hydrogens (primary N) is 1. The van der Waals surface area contributed by atoms with Crippen LogP contribution in [0.2, 0.25) is 0 Å². The zero-order valence-electron chi connectivity index (χ0n) is 10.0. The van der Waals surface area contributed by atoms with Crippen LogP contribution in [0, 0.1) is 17.7 Å². The molecule has 1 heterocycles. The molecule has 1 aromatic rings. The molecule has 5 heteroatoms. The zero-order valence-corrected chi connectivity index (χ0v) is 10.0. The number of carbonyl (C=O) groups excluding carboxylic acids is 1. The topological polar surface area (TPSA) is 68.0 Å². The molecule has 2 aliphatic rings. The number of nitrogens with zero attached hydrogens (tertiary/aromatic N) is 1. The van der Waals surface area contributed by atoms with Gasteiger partial charge in [0.25, 0.3) is 5.91 Å². The lowest BCUT2D eigenvalue weighted by atomic mass is 9.95. The molecule has 0 saturated heterocycles. The highest BCUT2D eigenvalue weighted by molar-refractivity contribution is 5.95. The van der Waals surface area contributed by atoms with Gasteiger partial charge in [-0.2, -0.15) is 0 Å². The van der Waals surface area contributed by atoms with Gasteiger partial charge in [-0.15, -0.1) is 0 Å². The van der Waals surface area contributed by atoms with Gasteiger partial charge in [0.05, 0.1) is 5.56 Å². The van der Waals surface area contributed by atoms with Crippen molar-refractivity contribution in [3.8, 4) is 0 Å². The van der Waals surface area contributed by atoms with E-state index in [1.807, 2.05) is 0 Å². The highest BCUT2D eigenvalue weighted by Gasteiger charge is 2.40. The van der Waals surface area contributed by atoms with Gasteiger partial charge in [0.15, 0.2) is 11.6 Å². The van der Waals surface area contributed by atoms with E-state index in [1.54, 1.807) is 0 Å². The molecule has 3 rings (SSSR count). The average Bonchev–Trinajstić information content (AvgIpc) is 2.94. The maximum absolute atomic E-state index is 13.7. The summed E-state index contributed by atoms with van der Waals surface area (Å²) >= 11 is 0. The number of aromatic nitrogens is 1. The second kappa shape index (κ2) is 4.23. The minimum atomic E-state index is -0.724. The van der Waals surface area contributed by atoms with Gasteiger partial charge in [0.2, 0.25) is 0 Å². The van der Waals surface area contributed by atoms with Gasteiger partial charge in [-0.25, -0.2) is 9.37 Å². The Bertz CT molecular complexity index is 491. The Hall–Kier alpha value is -1.65. The van der Waals surface area contributed by atoms with Crippen molar-refractivity contribution in [2.45, 2.75) is 31.7 Å². The predicted octanol–water partition coefficient (Wildman–Crippen LogP) is 1.72. The molecule has 2 bridgehead atoms. The van der Waals surface area contributed by atoms with Crippen molar-refractivity contribution in [3.63, 3.8) is 0 Å². The van der Waals surface area contributed by atoms with Crippen molar-refractivity contribution >= 4 is 11.7 Å². The monoisotopic (exact) mass is 249 g/mol. The Morgan fingerprint density at radius 2 is 2.28 bits per heavy atom. The van der Waals surface area contributed by atoms with Crippen molar-refractivity contribution in [1.82, 2.24) is 10.3 Å². The van der Waals surface area contributed by atoms with Crippen LogP contribution in [0.3, 0.4) is 0 Å². The lowest BCUT2D eigenvalue weighted by molar-refractivity contribution is 0.0919. The first-order valence-corrected chi connectivity index (χ1v) is 6.36. The summed E-state index contributed by atoms with van der Waals surface area (Å²) < 4.78 is 13.7. The second-order valence-corrected chi connectivity index (χ2v) is 5.31. The fourth-order valence-electron chi connectivity index (χ4n) is 3.30. The number of fused-ring (bicyclic) bond motifs is 2. The van der Waals surface area contributed by atoms with E-state index in [0.29, 0.717) is 5.92 Å². The molecule has 96 valence electrons. The number of rotatable bonds is 2. The Morgan fingerprint density at radius 1 is 1.44 bits per heavy atom. The molecule has 1 amide bonds. The molecule has 3 N–H and O–H groups in total. The van der Waals surface area contributed by atoms with Crippen LogP contribution in [0.1, 0.15) is 36.0 Å². The summed E-state index contributed by atoms with van der Waals surface area (Å²) in [6, 6.07) is 1.57. The summed E-state index contributed by atoms with van der Waals surface area (Å²) in [5.74, 6) is -0.0123. The molecule has 2 saturated carbocycles. The van der Waals surface area contributed by atoms with Crippen LogP contribution in [0.5, 0.6) is 0 Å². The number of anilines is 1. The largest absolute Gasteiger partial charge is 0.381 e. The van der Waals surface area contributed by atoms with Crippen molar-refractivity contribution in [2.24, 2.45) is 11.8 Å². The van der Waals surface area contributed by atoms with Crippen LogP contribution < -0.4 is 11.1 Å². The maximum atomic E-state index is 13.7. The van der Waals surface area contributed by atoms with E-state index in [9.17, 15) is 9.18 Å². The number of nitrogens with one attached hydrogen (secondary N) is 1. The Labute approximate surface area is 105 Å². The van der Waals surface area contributed by atoms with E-state index in [1.165, 1.54) is 31.5 Å². The van der Waals surface area contributed by atoms with Gasteiger partial charge in [0, 0.05) is 12.2 Å². The zero-order chi connectivity index (χ0) is 12.7. The third-order valence-corrected chi connectivity index (χ3v) is 4.22. The van der Waals surface area contributed by atoms with Gasteiger partial charge < -0.3 is 11.1 Å². The molecule has 3 unspecified atom stereocenters. The molecule has 4 nitrogen and oxygen atoms in total. The van der Waals surface area contributed by atoms with Crippen molar-refractivity contribution < 1.29 is 9.18 Å². The Kier molecular flexibility index (Phi) is 2.69. The van der Waals surface area contributed by atoms with E-state index < -0.39 is 5.82 Å². The van der Waals surface area contributed by atoms with Crippen LogP contribution in [0.15, 0.2) is 12.3 Å². The van der Waals surface area contributed by atoms with Gasteiger partial charge in [-0.3, -0.25) is 4.79 Å². The van der Waals surface area contributed by atoms with Crippen LogP contribution in [0.4, 0.5) is 10.2 Å². The molecule has 3 atom stereocenters. The fraction of sp³-hybridized carbons (Fsp3) is 0.538. The van der Waals surface area contributed by atoms with E-state index in [0.717, 1.165) is 12.3 Å². The summed E-state index contributed by atoms with van der Waals surface area (Å²) in [6.45, 7) is 0. The molecule has 0 aliphatic heterocycles. The number of halogens is 1. The Balaban J connectivity index is 1.73. The van der Waals surface area contributed by atoms with Gasteiger partial charge >= 0.3 is 0 Å². The molecule has 0 spiro atoms. The number of amides is 1. The number of hydrogen-bond donors (Lipinski definition) is 2. The SMILES string of the molecule is Nc1nccc(C(=O)NC2CC3CCC2C3)c1F. The minimum absolute atomic E-state index is 0.00901. The first-order chi connectivity index (χ1) is 8.65. The molecule has 1 aromatic heterocycles. The first kappa shape index (κ1) is 11.4.